The summed E-state index contributed by atoms with van der Waals surface area (Å²) in [5, 5.41) is 0. The van der Waals surface area contributed by atoms with Gasteiger partial charge in [0, 0.05) is 24.9 Å². The monoisotopic (exact) mass is 208 g/mol. The number of pyridine rings is 1. The first-order valence-electron chi connectivity index (χ1n) is 5.13. The van der Waals surface area contributed by atoms with E-state index in [2.05, 4.69) is 4.98 Å². The third kappa shape index (κ3) is 2.53. The summed E-state index contributed by atoms with van der Waals surface area (Å²) in [7, 11) is 0. The lowest BCUT2D eigenvalue weighted by atomic mass is 10.0. The van der Waals surface area contributed by atoms with Gasteiger partial charge in [0.05, 0.1) is 13.2 Å². The lowest BCUT2D eigenvalue weighted by Gasteiger charge is -2.25. The van der Waals surface area contributed by atoms with E-state index in [9.17, 15) is 0 Å². The molecule has 0 saturated carbocycles. The molecule has 0 spiro atoms. The Morgan fingerprint density at radius 1 is 1.53 bits per heavy atom. The van der Waals surface area contributed by atoms with Gasteiger partial charge in [0.1, 0.15) is 0 Å². The van der Waals surface area contributed by atoms with Crippen LogP contribution in [0.15, 0.2) is 24.5 Å². The molecule has 1 aromatic heterocycles. The maximum atomic E-state index is 6.06. The number of hydrogen-bond acceptors (Lipinski definition) is 4. The van der Waals surface area contributed by atoms with Crippen LogP contribution in [-0.4, -0.2) is 24.0 Å². The highest BCUT2D eigenvalue weighted by Crippen LogP contribution is 2.28. The maximum absolute atomic E-state index is 6.06. The van der Waals surface area contributed by atoms with Gasteiger partial charge in [-0.2, -0.15) is 0 Å². The number of hydrogen-bond donors (Lipinski definition) is 1. The van der Waals surface area contributed by atoms with E-state index >= 15 is 0 Å². The van der Waals surface area contributed by atoms with Crippen LogP contribution in [0.3, 0.4) is 0 Å². The molecule has 2 N–H and O–H groups in total. The van der Waals surface area contributed by atoms with Gasteiger partial charge in [-0.25, -0.2) is 0 Å². The largest absolute Gasteiger partial charge is 0.348 e. The van der Waals surface area contributed by atoms with Gasteiger partial charge in [-0.05, 0) is 18.6 Å². The van der Waals surface area contributed by atoms with Gasteiger partial charge >= 0.3 is 0 Å². The Morgan fingerprint density at radius 3 is 2.87 bits per heavy atom. The molecule has 1 unspecified atom stereocenters. The van der Waals surface area contributed by atoms with Crippen molar-refractivity contribution in [3.05, 3.63) is 30.1 Å². The molecule has 0 amide bonds. The second-order valence-corrected chi connectivity index (χ2v) is 3.93. The summed E-state index contributed by atoms with van der Waals surface area (Å²) in [4.78, 5) is 4.04. The Morgan fingerprint density at radius 2 is 2.27 bits per heavy atom. The molecule has 82 valence electrons. The maximum Gasteiger partial charge on any atom is 0.167 e. The van der Waals surface area contributed by atoms with Crippen molar-refractivity contribution in [2.45, 2.75) is 25.2 Å². The van der Waals surface area contributed by atoms with E-state index in [1.165, 1.54) is 0 Å². The minimum Gasteiger partial charge on any atom is -0.348 e. The van der Waals surface area contributed by atoms with Crippen LogP contribution >= 0.6 is 0 Å². The predicted molar refractivity (Wildman–Crippen MR) is 56.1 cm³/mol. The molecule has 1 aromatic rings. The van der Waals surface area contributed by atoms with Crippen LogP contribution in [0.25, 0.3) is 0 Å². The molecule has 1 fully saturated rings. The summed E-state index contributed by atoms with van der Waals surface area (Å²) in [5.41, 5.74) is 7.07. The van der Waals surface area contributed by atoms with Crippen molar-refractivity contribution < 1.29 is 9.47 Å². The Bertz CT molecular complexity index is 310. The Hall–Kier alpha value is -0.970. The summed E-state index contributed by atoms with van der Waals surface area (Å²) in [6.45, 7) is 3.22. The highest BCUT2D eigenvalue weighted by Gasteiger charge is 2.33. The van der Waals surface area contributed by atoms with Crippen molar-refractivity contribution >= 4 is 0 Å². The van der Waals surface area contributed by atoms with Crippen molar-refractivity contribution in [3.8, 4) is 0 Å². The molecule has 1 aliphatic rings. The van der Waals surface area contributed by atoms with Crippen LogP contribution in [0.1, 0.15) is 24.9 Å². The van der Waals surface area contributed by atoms with Crippen LogP contribution in [0.2, 0.25) is 0 Å². The van der Waals surface area contributed by atoms with Gasteiger partial charge in [0.15, 0.2) is 5.79 Å². The average molecular weight is 208 g/mol. The summed E-state index contributed by atoms with van der Waals surface area (Å²) in [6.07, 6.45) is 4.17. The molecule has 0 aromatic carbocycles. The first kappa shape index (κ1) is 10.5. The summed E-state index contributed by atoms with van der Waals surface area (Å²) in [5.74, 6) is -0.532. The van der Waals surface area contributed by atoms with E-state index in [1.54, 1.807) is 12.4 Å². The quantitative estimate of drug-likeness (QED) is 0.811. The number of aromatic nitrogens is 1. The Balaban J connectivity index is 2.00. The SMILES string of the molecule is CC1(CC(N)c2cccnc2)OCCO1. The van der Waals surface area contributed by atoms with Crippen LogP contribution in [0.5, 0.6) is 0 Å². The molecule has 1 saturated heterocycles. The number of rotatable bonds is 3. The highest BCUT2D eigenvalue weighted by molar-refractivity contribution is 5.13. The van der Waals surface area contributed by atoms with Crippen molar-refractivity contribution in [1.82, 2.24) is 4.98 Å². The van der Waals surface area contributed by atoms with Crippen LogP contribution in [-0.2, 0) is 9.47 Å². The van der Waals surface area contributed by atoms with Crippen molar-refractivity contribution in [1.29, 1.82) is 0 Å². The van der Waals surface area contributed by atoms with Gasteiger partial charge in [0.2, 0.25) is 0 Å². The van der Waals surface area contributed by atoms with Gasteiger partial charge in [-0.15, -0.1) is 0 Å². The highest BCUT2D eigenvalue weighted by atomic mass is 16.7. The van der Waals surface area contributed by atoms with Crippen LogP contribution < -0.4 is 5.73 Å². The first-order valence-corrected chi connectivity index (χ1v) is 5.13. The second kappa shape index (κ2) is 4.26. The lowest BCUT2D eigenvalue weighted by molar-refractivity contribution is -0.150. The molecule has 0 aliphatic carbocycles. The topological polar surface area (TPSA) is 57.4 Å². The summed E-state index contributed by atoms with van der Waals surface area (Å²) >= 11 is 0. The fraction of sp³-hybridized carbons (Fsp3) is 0.545. The lowest BCUT2D eigenvalue weighted by Crippen LogP contribution is -2.31. The second-order valence-electron chi connectivity index (χ2n) is 3.93. The zero-order valence-electron chi connectivity index (χ0n) is 8.85. The number of ether oxygens (including phenoxy) is 2. The third-order valence-corrected chi connectivity index (χ3v) is 2.60. The smallest absolute Gasteiger partial charge is 0.167 e. The molecule has 15 heavy (non-hydrogen) atoms. The van der Waals surface area contributed by atoms with Crippen LogP contribution in [0, 0.1) is 0 Å². The summed E-state index contributed by atoms with van der Waals surface area (Å²) < 4.78 is 11.0. The molecule has 2 rings (SSSR count). The van der Waals surface area contributed by atoms with Crippen LogP contribution in [0.4, 0.5) is 0 Å². The zero-order chi connectivity index (χ0) is 10.7. The minimum atomic E-state index is -0.532. The van der Waals surface area contributed by atoms with E-state index in [1.807, 2.05) is 19.1 Å². The summed E-state index contributed by atoms with van der Waals surface area (Å²) in [6, 6.07) is 3.76. The first-order chi connectivity index (χ1) is 7.20. The predicted octanol–water partition coefficient (Wildman–Crippen LogP) is 1.23. The molecule has 0 radical (unpaired) electrons. The number of nitrogens with zero attached hydrogens (tertiary/aromatic N) is 1. The van der Waals surface area contributed by atoms with E-state index < -0.39 is 5.79 Å². The van der Waals surface area contributed by atoms with Gasteiger partial charge in [-0.3, -0.25) is 4.98 Å². The molecule has 1 aliphatic heterocycles. The molecule has 0 bridgehead atoms. The van der Waals surface area contributed by atoms with E-state index in [-0.39, 0.29) is 6.04 Å². The molecular weight excluding hydrogens is 192 g/mol. The third-order valence-electron chi connectivity index (χ3n) is 2.60. The average Bonchev–Trinajstić information content (AvgIpc) is 2.66. The minimum absolute atomic E-state index is 0.0956. The molecule has 4 nitrogen and oxygen atoms in total. The van der Waals surface area contributed by atoms with E-state index in [4.69, 9.17) is 15.2 Å². The van der Waals surface area contributed by atoms with E-state index in [0.29, 0.717) is 19.6 Å². The van der Waals surface area contributed by atoms with Gasteiger partial charge < -0.3 is 15.2 Å². The molecule has 2 heterocycles. The normalized spacial score (nSPS) is 21.5. The van der Waals surface area contributed by atoms with Crippen molar-refractivity contribution in [2.24, 2.45) is 5.73 Å². The van der Waals surface area contributed by atoms with Gasteiger partial charge in [-0.1, -0.05) is 6.07 Å². The molecular formula is C11H16N2O2. The Kier molecular flexibility index (Phi) is 3.00. The standard InChI is InChI=1S/C11H16N2O2/c1-11(14-5-6-15-11)7-10(12)9-3-2-4-13-8-9/h2-4,8,10H,5-7,12H2,1H3. The molecule has 4 heteroatoms. The van der Waals surface area contributed by atoms with Gasteiger partial charge in [0.25, 0.3) is 0 Å². The Labute approximate surface area is 89.4 Å². The number of nitrogens with two attached hydrogens (primary N) is 1. The fourth-order valence-corrected chi connectivity index (χ4v) is 1.79. The fourth-order valence-electron chi connectivity index (χ4n) is 1.79. The van der Waals surface area contributed by atoms with E-state index in [0.717, 1.165) is 5.56 Å². The van der Waals surface area contributed by atoms with Crippen molar-refractivity contribution in [2.75, 3.05) is 13.2 Å². The van der Waals surface area contributed by atoms with Crippen molar-refractivity contribution in [3.63, 3.8) is 0 Å². The zero-order valence-corrected chi connectivity index (χ0v) is 8.85. The molecule has 1 atom stereocenters.